The predicted molar refractivity (Wildman–Crippen MR) is 87.1 cm³/mol. The summed E-state index contributed by atoms with van der Waals surface area (Å²) in [5.41, 5.74) is 2.09. The number of rotatable bonds is 2. The Morgan fingerprint density at radius 2 is 1.83 bits per heavy atom. The number of benzene rings is 2. The number of nitrogens with one attached hydrogen (secondary N) is 1. The Morgan fingerprint density at radius 1 is 1.13 bits per heavy atom. The minimum Gasteiger partial charge on any atom is -0.354 e. The molecule has 0 radical (unpaired) electrons. The number of aromatic nitrogens is 1. The van der Waals surface area contributed by atoms with Crippen LogP contribution in [0.3, 0.4) is 0 Å². The SMILES string of the molecule is CC(C)(C)c1ccc(C(=O)Nc2noc3ccc(F)cc23)cc1. The molecule has 3 rings (SSSR count). The van der Waals surface area contributed by atoms with Crippen molar-refractivity contribution < 1.29 is 13.7 Å². The van der Waals surface area contributed by atoms with Crippen LogP contribution in [0, 0.1) is 5.82 Å². The molecule has 1 N–H and O–H groups in total. The first-order valence-corrected chi connectivity index (χ1v) is 7.31. The fourth-order valence-corrected chi connectivity index (χ4v) is 2.30. The molecule has 1 aromatic heterocycles. The van der Waals surface area contributed by atoms with Gasteiger partial charge in [-0.3, -0.25) is 4.79 Å². The Hall–Kier alpha value is -2.69. The first kappa shape index (κ1) is 15.2. The van der Waals surface area contributed by atoms with Crippen molar-refractivity contribution in [3.8, 4) is 0 Å². The van der Waals surface area contributed by atoms with Gasteiger partial charge in [0.25, 0.3) is 5.91 Å². The van der Waals surface area contributed by atoms with Crippen LogP contribution < -0.4 is 5.32 Å². The van der Waals surface area contributed by atoms with Gasteiger partial charge in [0.1, 0.15) is 5.82 Å². The van der Waals surface area contributed by atoms with Gasteiger partial charge < -0.3 is 9.84 Å². The normalized spacial score (nSPS) is 11.7. The summed E-state index contributed by atoms with van der Waals surface area (Å²) in [6.45, 7) is 6.33. The van der Waals surface area contributed by atoms with E-state index >= 15 is 0 Å². The molecule has 0 spiro atoms. The van der Waals surface area contributed by atoms with Crippen LogP contribution in [0.1, 0.15) is 36.7 Å². The zero-order chi connectivity index (χ0) is 16.6. The summed E-state index contributed by atoms with van der Waals surface area (Å²) in [7, 11) is 0. The summed E-state index contributed by atoms with van der Waals surface area (Å²) in [5.74, 6) is -0.514. The number of amides is 1. The lowest BCUT2D eigenvalue weighted by Crippen LogP contribution is -2.14. The van der Waals surface area contributed by atoms with Gasteiger partial charge >= 0.3 is 0 Å². The minimum absolute atomic E-state index is 0.0227. The fourth-order valence-electron chi connectivity index (χ4n) is 2.30. The van der Waals surface area contributed by atoms with Crippen molar-refractivity contribution in [2.45, 2.75) is 26.2 Å². The summed E-state index contributed by atoms with van der Waals surface area (Å²) >= 11 is 0. The molecule has 0 unspecified atom stereocenters. The van der Waals surface area contributed by atoms with Crippen LogP contribution in [0.5, 0.6) is 0 Å². The molecule has 0 aliphatic rings. The van der Waals surface area contributed by atoms with Crippen LogP contribution in [0.25, 0.3) is 11.0 Å². The molecule has 0 aliphatic heterocycles. The third kappa shape index (κ3) is 3.08. The van der Waals surface area contributed by atoms with Crippen LogP contribution in [-0.2, 0) is 5.41 Å². The molecule has 0 bridgehead atoms. The van der Waals surface area contributed by atoms with Gasteiger partial charge in [-0.15, -0.1) is 0 Å². The van der Waals surface area contributed by atoms with Gasteiger partial charge in [-0.2, -0.15) is 0 Å². The Labute approximate surface area is 133 Å². The molecule has 4 nitrogen and oxygen atoms in total. The average molecular weight is 312 g/mol. The van der Waals surface area contributed by atoms with Crippen LogP contribution in [0.15, 0.2) is 47.0 Å². The third-order valence-corrected chi connectivity index (χ3v) is 3.68. The van der Waals surface area contributed by atoms with Crippen molar-refractivity contribution in [3.63, 3.8) is 0 Å². The van der Waals surface area contributed by atoms with Crippen molar-refractivity contribution in [3.05, 3.63) is 59.4 Å². The Kier molecular flexibility index (Phi) is 3.64. The fraction of sp³-hybridized carbons (Fsp3) is 0.222. The van der Waals surface area contributed by atoms with Gasteiger partial charge in [0, 0.05) is 5.56 Å². The largest absolute Gasteiger partial charge is 0.354 e. The van der Waals surface area contributed by atoms with Crippen molar-refractivity contribution >= 4 is 22.7 Å². The van der Waals surface area contributed by atoms with E-state index in [1.54, 1.807) is 12.1 Å². The van der Waals surface area contributed by atoms with E-state index in [1.807, 2.05) is 12.1 Å². The van der Waals surface area contributed by atoms with Crippen molar-refractivity contribution in [1.29, 1.82) is 0 Å². The standard InChI is InChI=1S/C18H17FN2O2/c1-18(2,3)12-6-4-11(5-7-12)17(22)20-16-14-10-13(19)8-9-15(14)23-21-16/h4-10H,1-3H3,(H,20,21,22). The number of carbonyl (C=O) groups excluding carboxylic acids is 1. The molecule has 0 saturated carbocycles. The lowest BCUT2D eigenvalue weighted by Gasteiger charge is -2.18. The van der Waals surface area contributed by atoms with Gasteiger partial charge in [0.15, 0.2) is 11.4 Å². The Balaban J connectivity index is 1.84. The molecular weight excluding hydrogens is 295 g/mol. The van der Waals surface area contributed by atoms with Crippen LogP contribution in [0.4, 0.5) is 10.2 Å². The average Bonchev–Trinajstić information content (AvgIpc) is 2.89. The van der Waals surface area contributed by atoms with Gasteiger partial charge in [-0.25, -0.2) is 4.39 Å². The maximum Gasteiger partial charge on any atom is 0.256 e. The van der Waals surface area contributed by atoms with E-state index in [0.717, 1.165) is 5.56 Å². The second kappa shape index (κ2) is 5.50. The molecule has 3 aromatic rings. The van der Waals surface area contributed by atoms with E-state index in [9.17, 15) is 9.18 Å². The molecule has 1 amide bonds. The molecule has 0 atom stereocenters. The lowest BCUT2D eigenvalue weighted by atomic mass is 9.87. The number of hydrogen-bond acceptors (Lipinski definition) is 3. The van der Waals surface area contributed by atoms with E-state index in [-0.39, 0.29) is 17.1 Å². The van der Waals surface area contributed by atoms with Crippen molar-refractivity contribution in [2.24, 2.45) is 0 Å². The number of fused-ring (bicyclic) bond motifs is 1. The number of carbonyl (C=O) groups is 1. The second-order valence-electron chi connectivity index (χ2n) is 6.45. The minimum atomic E-state index is -0.411. The number of hydrogen-bond donors (Lipinski definition) is 1. The van der Waals surface area contributed by atoms with Gasteiger partial charge in [-0.1, -0.05) is 38.1 Å². The zero-order valence-corrected chi connectivity index (χ0v) is 13.2. The maximum absolute atomic E-state index is 13.3. The quantitative estimate of drug-likeness (QED) is 0.757. The number of anilines is 1. The molecule has 2 aromatic carbocycles. The highest BCUT2D eigenvalue weighted by Gasteiger charge is 2.16. The summed E-state index contributed by atoms with van der Waals surface area (Å²) < 4.78 is 18.4. The molecule has 23 heavy (non-hydrogen) atoms. The highest BCUT2D eigenvalue weighted by atomic mass is 19.1. The zero-order valence-electron chi connectivity index (χ0n) is 13.2. The van der Waals surface area contributed by atoms with Gasteiger partial charge in [0.05, 0.1) is 5.39 Å². The summed E-state index contributed by atoms with van der Waals surface area (Å²) in [5, 5.41) is 6.88. The van der Waals surface area contributed by atoms with E-state index in [0.29, 0.717) is 16.5 Å². The first-order chi connectivity index (χ1) is 10.8. The molecule has 0 saturated heterocycles. The van der Waals surface area contributed by atoms with Gasteiger partial charge in [-0.05, 0) is 41.3 Å². The molecular formula is C18H17FN2O2. The molecule has 118 valence electrons. The monoisotopic (exact) mass is 312 g/mol. The maximum atomic E-state index is 13.3. The predicted octanol–water partition coefficient (Wildman–Crippen LogP) is 4.52. The van der Waals surface area contributed by atoms with E-state index in [2.05, 4.69) is 31.2 Å². The molecule has 0 aliphatic carbocycles. The summed E-state index contributed by atoms with van der Waals surface area (Å²) in [6.07, 6.45) is 0. The second-order valence-corrected chi connectivity index (χ2v) is 6.45. The van der Waals surface area contributed by atoms with Crippen molar-refractivity contribution in [1.82, 2.24) is 5.16 Å². The highest BCUT2D eigenvalue weighted by molar-refractivity contribution is 6.07. The lowest BCUT2D eigenvalue weighted by molar-refractivity contribution is 0.102. The van der Waals surface area contributed by atoms with Crippen LogP contribution in [0.2, 0.25) is 0 Å². The smallest absolute Gasteiger partial charge is 0.256 e. The topological polar surface area (TPSA) is 55.1 Å². The molecule has 0 fully saturated rings. The molecule has 1 heterocycles. The first-order valence-electron chi connectivity index (χ1n) is 7.31. The van der Waals surface area contributed by atoms with E-state index < -0.39 is 5.82 Å². The highest BCUT2D eigenvalue weighted by Crippen LogP contribution is 2.25. The van der Waals surface area contributed by atoms with Crippen molar-refractivity contribution in [2.75, 3.05) is 5.32 Å². The molecule has 5 heteroatoms. The van der Waals surface area contributed by atoms with E-state index in [1.165, 1.54) is 18.2 Å². The Bertz CT molecular complexity index is 861. The van der Waals surface area contributed by atoms with Crippen LogP contribution in [-0.4, -0.2) is 11.1 Å². The van der Waals surface area contributed by atoms with Crippen LogP contribution >= 0.6 is 0 Å². The van der Waals surface area contributed by atoms with Gasteiger partial charge in [0.2, 0.25) is 0 Å². The third-order valence-electron chi connectivity index (χ3n) is 3.68. The Morgan fingerprint density at radius 3 is 2.48 bits per heavy atom. The summed E-state index contributed by atoms with van der Waals surface area (Å²) in [6, 6.07) is 11.4. The summed E-state index contributed by atoms with van der Waals surface area (Å²) in [4.78, 5) is 12.3. The number of halogens is 1. The number of nitrogens with zero attached hydrogens (tertiary/aromatic N) is 1. The van der Waals surface area contributed by atoms with E-state index in [4.69, 9.17) is 4.52 Å².